The van der Waals surface area contributed by atoms with Gasteiger partial charge < -0.3 is 16.0 Å². The van der Waals surface area contributed by atoms with E-state index >= 15 is 0 Å². The van der Waals surface area contributed by atoms with Crippen LogP contribution < -0.4 is 11.1 Å². The van der Waals surface area contributed by atoms with Crippen LogP contribution in [0.1, 0.15) is 12.2 Å². The van der Waals surface area contributed by atoms with E-state index < -0.39 is 0 Å². The van der Waals surface area contributed by atoms with E-state index in [4.69, 9.17) is 5.73 Å². The maximum Gasteiger partial charge on any atom is 0.123 e. The van der Waals surface area contributed by atoms with Gasteiger partial charge in [0.15, 0.2) is 0 Å². The Balaban J connectivity index is 1.70. The number of nitrogens with one attached hydrogen (secondary N) is 2. The number of aromatic nitrogens is 3. The molecule has 0 radical (unpaired) electrons. The molecule has 5 nitrogen and oxygen atoms in total. The molecular formula is C11H15N5. The van der Waals surface area contributed by atoms with E-state index in [1.165, 1.54) is 0 Å². The summed E-state index contributed by atoms with van der Waals surface area (Å²) in [7, 11) is 0. The highest BCUT2D eigenvalue weighted by atomic mass is 14.9. The first kappa shape index (κ1) is 10.5. The van der Waals surface area contributed by atoms with E-state index in [2.05, 4.69) is 20.3 Å². The lowest BCUT2D eigenvalue weighted by Gasteiger charge is -2.04. The van der Waals surface area contributed by atoms with Crippen molar-refractivity contribution in [2.24, 2.45) is 0 Å². The summed E-state index contributed by atoms with van der Waals surface area (Å²) in [6.07, 6.45) is 7.32. The number of H-pyrrole nitrogens is 1. The van der Waals surface area contributed by atoms with Crippen LogP contribution in [0, 0.1) is 0 Å². The van der Waals surface area contributed by atoms with Crippen LogP contribution in [0.3, 0.4) is 0 Å². The minimum absolute atomic E-state index is 0.543. The van der Waals surface area contributed by atoms with Gasteiger partial charge in [0.1, 0.15) is 11.6 Å². The number of aromatic amines is 1. The molecule has 4 N–H and O–H groups in total. The second kappa shape index (κ2) is 5.16. The summed E-state index contributed by atoms with van der Waals surface area (Å²) >= 11 is 0. The molecule has 0 atom stereocenters. The number of nitrogen functional groups attached to an aromatic ring is 1. The number of rotatable bonds is 5. The molecule has 2 aromatic rings. The maximum atomic E-state index is 5.49. The first-order valence-electron chi connectivity index (χ1n) is 5.28. The van der Waals surface area contributed by atoms with E-state index in [1.807, 2.05) is 12.3 Å². The zero-order valence-electron chi connectivity index (χ0n) is 8.98. The molecule has 0 amide bonds. The Morgan fingerprint density at radius 3 is 2.94 bits per heavy atom. The Bertz CT molecular complexity index is 406. The molecule has 0 saturated heterocycles. The lowest BCUT2D eigenvalue weighted by Crippen LogP contribution is -2.04. The SMILES string of the molecule is Nc1ccc(NCCCc2ncc[nH]2)cn1. The van der Waals surface area contributed by atoms with Crippen molar-refractivity contribution < 1.29 is 0 Å². The Labute approximate surface area is 94.1 Å². The van der Waals surface area contributed by atoms with Crippen molar-refractivity contribution in [1.82, 2.24) is 15.0 Å². The van der Waals surface area contributed by atoms with E-state index in [0.29, 0.717) is 5.82 Å². The van der Waals surface area contributed by atoms with Crippen molar-refractivity contribution in [3.63, 3.8) is 0 Å². The molecule has 0 aliphatic rings. The molecule has 5 heteroatoms. The molecular weight excluding hydrogens is 202 g/mol. The van der Waals surface area contributed by atoms with Gasteiger partial charge in [-0.3, -0.25) is 0 Å². The van der Waals surface area contributed by atoms with Gasteiger partial charge in [0, 0.05) is 25.4 Å². The monoisotopic (exact) mass is 217 g/mol. The first-order valence-corrected chi connectivity index (χ1v) is 5.28. The lowest BCUT2D eigenvalue weighted by molar-refractivity contribution is 0.816. The van der Waals surface area contributed by atoms with Crippen molar-refractivity contribution in [3.8, 4) is 0 Å². The standard InChI is InChI=1S/C11H15N5/c12-10-4-3-9(8-16-10)13-5-1-2-11-14-6-7-15-11/h3-4,6-8,13H,1-2,5H2,(H2,12,16)(H,14,15). The molecule has 2 rings (SSSR count). The third-order valence-corrected chi connectivity index (χ3v) is 2.26. The number of imidazole rings is 1. The molecule has 0 aliphatic carbocycles. The van der Waals surface area contributed by atoms with E-state index in [0.717, 1.165) is 30.9 Å². The highest BCUT2D eigenvalue weighted by Crippen LogP contribution is 2.07. The van der Waals surface area contributed by atoms with Crippen molar-refractivity contribution in [1.29, 1.82) is 0 Å². The quantitative estimate of drug-likeness (QED) is 0.662. The summed E-state index contributed by atoms with van der Waals surface area (Å²) in [5, 5.41) is 3.27. The van der Waals surface area contributed by atoms with Gasteiger partial charge in [-0.15, -0.1) is 0 Å². The summed E-state index contributed by atoms with van der Waals surface area (Å²) in [4.78, 5) is 11.2. The minimum atomic E-state index is 0.543. The van der Waals surface area contributed by atoms with Crippen molar-refractivity contribution in [3.05, 3.63) is 36.5 Å². The summed E-state index contributed by atoms with van der Waals surface area (Å²) in [5.74, 6) is 1.57. The fraction of sp³-hybridized carbons (Fsp3) is 0.273. The first-order chi connectivity index (χ1) is 7.84. The van der Waals surface area contributed by atoms with Gasteiger partial charge in [-0.05, 0) is 18.6 Å². The molecule has 0 unspecified atom stereocenters. The van der Waals surface area contributed by atoms with Gasteiger partial charge in [-0.1, -0.05) is 0 Å². The second-order valence-electron chi connectivity index (χ2n) is 3.54. The summed E-state index contributed by atoms with van der Waals surface area (Å²) < 4.78 is 0. The molecule has 16 heavy (non-hydrogen) atoms. The fourth-order valence-electron chi connectivity index (χ4n) is 1.43. The molecule has 0 aromatic carbocycles. The lowest BCUT2D eigenvalue weighted by atomic mass is 10.3. The molecule has 0 bridgehead atoms. The number of anilines is 2. The van der Waals surface area contributed by atoms with E-state index in [9.17, 15) is 0 Å². The van der Waals surface area contributed by atoms with Crippen molar-refractivity contribution >= 4 is 11.5 Å². The van der Waals surface area contributed by atoms with Crippen LogP contribution in [0.5, 0.6) is 0 Å². The van der Waals surface area contributed by atoms with Crippen molar-refractivity contribution in [2.45, 2.75) is 12.8 Å². The highest BCUT2D eigenvalue weighted by molar-refractivity contribution is 5.45. The van der Waals surface area contributed by atoms with Gasteiger partial charge in [-0.25, -0.2) is 9.97 Å². The number of hydrogen-bond donors (Lipinski definition) is 3. The molecule has 0 spiro atoms. The third-order valence-electron chi connectivity index (χ3n) is 2.26. The molecule has 0 aliphatic heterocycles. The van der Waals surface area contributed by atoms with Crippen LogP contribution in [-0.2, 0) is 6.42 Å². The van der Waals surface area contributed by atoms with Gasteiger partial charge >= 0.3 is 0 Å². The number of nitrogens with two attached hydrogens (primary N) is 1. The zero-order chi connectivity index (χ0) is 11.2. The Kier molecular flexibility index (Phi) is 3.38. The Hall–Kier alpha value is -2.04. The Morgan fingerprint density at radius 2 is 2.25 bits per heavy atom. The smallest absolute Gasteiger partial charge is 0.123 e. The second-order valence-corrected chi connectivity index (χ2v) is 3.54. The van der Waals surface area contributed by atoms with Gasteiger partial charge in [-0.2, -0.15) is 0 Å². The molecule has 2 aromatic heterocycles. The third kappa shape index (κ3) is 2.98. The topological polar surface area (TPSA) is 79.6 Å². The molecule has 0 saturated carbocycles. The molecule has 84 valence electrons. The summed E-state index contributed by atoms with van der Waals surface area (Å²) in [6.45, 7) is 0.895. The molecule has 0 fully saturated rings. The predicted octanol–water partition coefficient (Wildman–Crippen LogP) is 1.43. The van der Waals surface area contributed by atoms with Crippen LogP contribution in [0.15, 0.2) is 30.7 Å². The number of pyridine rings is 1. The maximum absolute atomic E-state index is 5.49. The largest absolute Gasteiger partial charge is 0.384 e. The summed E-state index contributed by atoms with van der Waals surface area (Å²) in [5.41, 5.74) is 6.49. The van der Waals surface area contributed by atoms with Crippen LogP contribution in [0.4, 0.5) is 11.5 Å². The van der Waals surface area contributed by atoms with Crippen LogP contribution in [-0.4, -0.2) is 21.5 Å². The number of nitrogens with zero attached hydrogens (tertiary/aromatic N) is 2. The number of aryl methyl sites for hydroxylation is 1. The van der Waals surface area contributed by atoms with Crippen LogP contribution >= 0.6 is 0 Å². The number of hydrogen-bond acceptors (Lipinski definition) is 4. The van der Waals surface area contributed by atoms with Gasteiger partial charge in [0.25, 0.3) is 0 Å². The van der Waals surface area contributed by atoms with E-state index in [-0.39, 0.29) is 0 Å². The normalized spacial score (nSPS) is 10.2. The average molecular weight is 217 g/mol. The Morgan fingerprint density at radius 1 is 1.31 bits per heavy atom. The van der Waals surface area contributed by atoms with Crippen LogP contribution in [0.2, 0.25) is 0 Å². The zero-order valence-corrected chi connectivity index (χ0v) is 8.98. The average Bonchev–Trinajstić information content (AvgIpc) is 2.80. The predicted molar refractivity (Wildman–Crippen MR) is 64.0 cm³/mol. The van der Waals surface area contributed by atoms with E-state index in [1.54, 1.807) is 18.5 Å². The van der Waals surface area contributed by atoms with Crippen molar-refractivity contribution in [2.75, 3.05) is 17.6 Å². The minimum Gasteiger partial charge on any atom is -0.384 e. The van der Waals surface area contributed by atoms with Gasteiger partial charge in [0.05, 0.1) is 11.9 Å². The van der Waals surface area contributed by atoms with Gasteiger partial charge in [0.2, 0.25) is 0 Å². The molecule has 2 heterocycles. The highest BCUT2D eigenvalue weighted by Gasteiger charge is 1.95. The summed E-state index contributed by atoms with van der Waals surface area (Å²) in [6, 6.07) is 3.71. The van der Waals surface area contributed by atoms with Crippen LogP contribution in [0.25, 0.3) is 0 Å². The fourth-order valence-corrected chi connectivity index (χ4v) is 1.43.